The molecule has 3 nitrogen and oxygen atoms in total. The minimum absolute atomic E-state index is 0.0869. The summed E-state index contributed by atoms with van der Waals surface area (Å²) < 4.78 is 6.27. The van der Waals surface area contributed by atoms with Crippen molar-refractivity contribution >= 4 is 22.9 Å². The van der Waals surface area contributed by atoms with E-state index < -0.39 is 5.60 Å². The van der Waals surface area contributed by atoms with Gasteiger partial charge >= 0.3 is 0 Å². The Morgan fingerprint density at radius 3 is 2.67 bits per heavy atom. The summed E-state index contributed by atoms with van der Waals surface area (Å²) >= 11 is 7.56. The second-order valence-corrected chi connectivity index (χ2v) is 7.81. The van der Waals surface area contributed by atoms with E-state index in [0.717, 1.165) is 21.4 Å². The van der Waals surface area contributed by atoms with Gasteiger partial charge in [0.2, 0.25) is 0 Å². The molecule has 116 valence electrons. The lowest BCUT2D eigenvalue weighted by Gasteiger charge is -2.28. The van der Waals surface area contributed by atoms with Crippen LogP contribution in [0.5, 0.6) is 0 Å². The molecule has 0 saturated heterocycles. The molecule has 2 atom stereocenters. The van der Waals surface area contributed by atoms with Crippen molar-refractivity contribution in [1.82, 2.24) is 5.32 Å². The Kier molecular flexibility index (Phi) is 5.49. The molecule has 2 aromatic heterocycles. The molecule has 0 saturated carbocycles. The summed E-state index contributed by atoms with van der Waals surface area (Å²) in [5, 5.41) is 13.9. The Morgan fingerprint density at radius 1 is 1.38 bits per heavy atom. The molecule has 2 unspecified atom stereocenters. The number of halogens is 1. The Bertz CT molecular complexity index is 548. The van der Waals surface area contributed by atoms with Crippen LogP contribution >= 0.6 is 22.9 Å². The average Bonchev–Trinajstić information content (AvgIpc) is 3.00. The predicted molar refractivity (Wildman–Crippen MR) is 88.0 cm³/mol. The second-order valence-electron chi connectivity index (χ2n) is 6.07. The first-order valence-electron chi connectivity index (χ1n) is 7.12. The molecule has 0 aliphatic carbocycles. The first kappa shape index (κ1) is 16.6. The third-order valence-electron chi connectivity index (χ3n) is 3.24. The molecule has 0 spiro atoms. The van der Waals surface area contributed by atoms with E-state index in [-0.39, 0.29) is 6.04 Å². The van der Waals surface area contributed by atoms with Gasteiger partial charge in [-0.25, -0.2) is 0 Å². The summed E-state index contributed by atoms with van der Waals surface area (Å²) in [6, 6.07) is 7.58. The maximum absolute atomic E-state index is 10.5. The summed E-state index contributed by atoms with van der Waals surface area (Å²) in [5.74, 6) is 1.27. The smallest absolute Gasteiger partial charge is 0.126 e. The van der Waals surface area contributed by atoms with E-state index in [4.69, 9.17) is 16.0 Å². The lowest BCUT2D eigenvalue weighted by molar-refractivity contribution is 0.0365. The Labute approximate surface area is 134 Å². The normalized spacial score (nSPS) is 16.1. The number of aliphatic hydroxyl groups is 1. The highest BCUT2D eigenvalue weighted by atomic mass is 35.5. The van der Waals surface area contributed by atoms with Crippen LogP contribution in [-0.2, 0) is 0 Å². The molecule has 2 aromatic rings. The molecule has 0 aromatic carbocycles. The summed E-state index contributed by atoms with van der Waals surface area (Å²) in [5.41, 5.74) is -0.750. The largest absolute Gasteiger partial charge is 0.467 e. The molecule has 0 radical (unpaired) electrons. The third-order valence-corrected chi connectivity index (χ3v) is 4.54. The van der Waals surface area contributed by atoms with Crippen LogP contribution in [0.15, 0.2) is 34.9 Å². The summed E-state index contributed by atoms with van der Waals surface area (Å²) in [7, 11) is 0. The van der Waals surface area contributed by atoms with Crippen LogP contribution in [0.3, 0.4) is 0 Å². The zero-order valence-corrected chi connectivity index (χ0v) is 14.2. The van der Waals surface area contributed by atoms with Crippen molar-refractivity contribution in [2.75, 3.05) is 6.54 Å². The lowest BCUT2D eigenvalue weighted by Crippen LogP contribution is -2.40. The van der Waals surface area contributed by atoms with Crippen molar-refractivity contribution < 1.29 is 9.52 Å². The van der Waals surface area contributed by atoms with Crippen molar-refractivity contribution in [3.8, 4) is 0 Å². The zero-order chi connectivity index (χ0) is 15.5. The van der Waals surface area contributed by atoms with Gasteiger partial charge in [-0.2, -0.15) is 0 Å². The van der Waals surface area contributed by atoms with Crippen LogP contribution in [0.4, 0.5) is 0 Å². The molecule has 2 heterocycles. The quantitative estimate of drug-likeness (QED) is 0.788. The summed E-state index contributed by atoms with van der Waals surface area (Å²) in [4.78, 5) is 1.08. The highest BCUT2D eigenvalue weighted by Crippen LogP contribution is 2.31. The van der Waals surface area contributed by atoms with Gasteiger partial charge in [0.1, 0.15) is 11.8 Å². The number of hydrogen-bond acceptors (Lipinski definition) is 4. The monoisotopic (exact) mass is 327 g/mol. The average molecular weight is 328 g/mol. The van der Waals surface area contributed by atoms with Crippen LogP contribution in [0, 0.1) is 5.92 Å². The van der Waals surface area contributed by atoms with E-state index in [9.17, 15) is 5.11 Å². The fourth-order valence-corrected chi connectivity index (χ4v) is 3.70. The van der Waals surface area contributed by atoms with Crippen molar-refractivity contribution in [1.29, 1.82) is 0 Å². The van der Waals surface area contributed by atoms with E-state index in [1.165, 1.54) is 11.3 Å². The highest BCUT2D eigenvalue weighted by molar-refractivity contribution is 7.16. The van der Waals surface area contributed by atoms with Gasteiger partial charge in [-0.05, 0) is 43.5 Å². The van der Waals surface area contributed by atoms with Crippen molar-refractivity contribution in [2.45, 2.75) is 38.8 Å². The molecule has 5 heteroatoms. The SMILES string of the molecule is CC(C)CC(C)(O)CNC(c1ccco1)c1ccc(Cl)s1. The first-order valence-corrected chi connectivity index (χ1v) is 8.31. The molecule has 0 bridgehead atoms. The van der Waals surface area contributed by atoms with Crippen molar-refractivity contribution in [3.63, 3.8) is 0 Å². The van der Waals surface area contributed by atoms with Crippen LogP contribution in [-0.4, -0.2) is 17.3 Å². The number of hydrogen-bond donors (Lipinski definition) is 2. The van der Waals surface area contributed by atoms with Gasteiger partial charge in [0.05, 0.1) is 16.2 Å². The Hall–Kier alpha value is -0.810. The molecular weight excluding hydrogens is 306 g/mol. The molecule has 2 N–H and O–H groups in total. The highest BCUT2D eigenvalue weighted by Gasteiger charge is 2.26. The summed E-state index contributed by atoms with van der Waals surface area (Å²) in [6.07, 6.45) is 2.40. The van der Waals surface area contributed by atoms with E-state index in [0.29, 0.717) is 12.5 Å². The fraction of sp³-hybridized carbons (Fsp3) is 0.500. The predicted octanol–water partition coefficient (Wildman–Crippen LogP) is 4.47. The maximum atomic E-state index is 10.5. The molecule has 0 aliphatic rings. The molecule has 0 amide bonds. The topological polar surface area (TPSA) is 45.4 Å². The van der Waals surface area contributed by atoms with Gasteiger partial charge in [0.25, 0.3) is 0 Å². The van der Waals surface area contributed by atoms with Crippen LogP contribution < -0.4 is 5.32 Å². The number of nitrogens with one attached hydrogen (secondary N) is 1. The van der Waals surface area contributed by atoms with E-state index in [1.807, 2.05) is 31.2 Å². The van der Waals surface area contributed by atoms with Gasteiger partial charge in [0.15, 0.2) is 0 Å². The minimum Gasteiger partial charge on any atom is -0.467 e. The van der Waals surface area contributed by atoms with E-state index in [1.54, 1.807) is 6.26 Å². The number of furan rings is 1. The van der Waals surface area contributed by atoms with E-state index >= 15 is 0 Å². The zero-order valence-electron chi connectivity index (χ0n) is 12.6. The maximum Gasteiger partial charge on any atom is 0.126 e. The summed E-state index contributed by atoms with van der Waals surface area (Å²) in [6.45, 7) is 6.57. The minimum atomic E-state index is -0.750. The van der Waals surface area contributed by atoms with Crippen LogP contribution in [0.25, 0.3) is 0 Å². The van der Waals surface area contributed by atoms with E-state index in [2.05, 4.69) is 19.2 Å². The molecule has 0 aliphatic heterocycles. The van der Waals surface area contributed by atoms with Crippen LogP contribution in [0.1, 0.15) is 43.9 Å². The van der Waals surface area contributed by atoms with Gasteiger partial charge in [-0.3, -0.25) is 0 Å². The Morgan fingerprint density at radius 2 is 2.14 bits per heavy atom. The van der Waals surface area contributed by atoms with Crippen molar-refractivity contribution in [2.24, 2.45) is 5.92 Å². The lowest BCUT2D eigenvalue weighted by atomic mass is 9.94. The Balaban J connectivity index is 2.11. The van der Waals surface area contributed by atoms with Gasteiger partial charge in [-0.1, -0.05) is 25.4 Å². The van der Waals surface area contributed by atoms with Gasteiger partial charge in [0, 0.05) is 11.4 Å². The molecule has 21 heavy (non-hydrogen) atoms. The molecular formula is C16H22ClNO2S. The van der Waals surface area contributed by atoms with Gasteiger partial charge < -0.3 is 14.8 Å². The third kappa shape index (κ3) is 4.85. The second kappa shape index (κ2) is 6.97. The first-order chi connectivity index (χ1) is 9.87. The van der Waals surface area contributed by atoms with Gasteiger partial charge in [-0.15, -0.1) is 11.3 Å². The fourth-order valence-electron chi connectivity index (χ4n) is 2.55. The van der Waals surface area contributed by atoms with Crippen molar-refractivity contribution in [3.05, 3.63) is 45.5 Å². The number of thiophene rings is 1. The molecule has 2 rings (SSSR count). The van der Waals surface area contributed by atoms with Crippen LogP contribution in [0.2, 0.25) is 4.34 Å². The standard InChI is InChI=1S/C16H22ClNO2S/c1-11(2)9-16(3,19)10-18-15(12-5-4-8-20-12)13-6-7-14(17)21-13/h4-8,11,15,18-19H,9-10H2,1-3H3. The molecule has 0 fully saturated rings. The number of rotatable bonds is 7.